The summed E-state index contributed by atoms with van der Waals surface area (Å²) in [6.45, 7) is 2.02. The number of likely N-dealkylation sites (tertiary alicyclic amines) is 2. The van der Waals surface area contributed by atoms with E-state index >= 15 is 0 Å². The number of benzene rings is 4. The van der Waals surface area contributed by atoms with E-state index in [9.17, 15) is 32.3 Å². The molecule has 14 nitrogen and oxygen atoms in total. The fourth-order valence-corrected chi connectivity index (χ4v) is 11.8. The van der Waals surface area contributed by atoms with E-state index in [2.05, 4.69) is 76.1 Å². The van der Waals surface area contributed by atoms with Crippen LogP contribution in [0, 0.1) is 0 Å². The van der Waals surface area contributed by atoms with Crippen molar-refractivity contribution >= 4 is 92.2 Å². The Hall–Kier alpha value is -6.00. The lowest BCUT2D eigenvalue weighted by Gasteiger charge is -2.27. The average Bonchev–Trinajstić information content (AvgIpc) is 4.24. The molecular weight excluding hydrogens is 1120 g/mol. The molecule has 6 aromatic rings. The van der Waals surface area contributed by atoms with E-state index in [1.165, 1.54) is 42.0 Å². The highest BCUT2D eigenvalue weighted by molar-refractivity contribution is 14.1. The maximum atomic E-state index is 14.8. The minimum atomic E-state index is -1.83. The molecule has 75 heavy (non-hydrogen) atoms. The number of imidazole rings is 2. The van der Waals surface area contributed by atoms with Crippen LogP contribution in [0.5, 0.6) is 0 Å². The Morgan fingerprint density at radius 1 is 0.693 bits per heavy atom. The first-order chi connectivity index (χ1) is 36.2. The number of rotatable bonds is 14. The number of carbonyl (C=O) groups is 4. The zero-order valence-corrected chi connectivity index (χ0v) is 46.0. The summed E-state index contributed by atoms with van der Waals surface area (Å²) >= 11 is 4.72. The number of amides is 4. The molecule has 2 fully saturated rings. The molecule has 4 N–H and O–H groups in total. The van der Waals surface area contributed by atoms with E-state index < -0.39 is 48.3 Å². The van der Waals surface area contributed by atoms with Crippen LogP contribution in [0.3, 0.4) is 0 Å². The quantitative estimate of drug-likeness (QED) is 0.0769. The SMILES string of the molecule is COC(=O)N[C@@H](CCSC)C(=O)N1CC(=C(F)F)C[C@H]1c1nc2cc(-c3cc4ccc3C[C@@H](C)c3ccc(c(-c5ccc6[nH]c([C@@H]7C/C(=C(/F)I)CN7C(=O)[C@H](CCSC)NC(=O)OC)nc6c5)c3)CC4)ccc2[nH]1. The van der Waals surface area contributed by atoms with Crippen LogP contribution in [0.2, 0.25) is 0 Å². The second-order valence-corrected chi connectivity index (χ2v) is 22.2. The minimum Gasteiger partial charge on any atom is -0.453 e. The molecule has 0 saturated carbocycles. The van der Waals surface area contributed by atoms with Gasteiger partial charge in [-0.3, -0.25) is 9.59 Å². The lowest BCUT2D eigenvalue weighted by atomic mass is 9.84. The fraction of sp³-hybridized carbons (Fsp3) is 0.382. The van der Waals surface area contributed by atoms with Crippen molar-refractivity contribution in [3.63, 3.8) is 0 Å². The molecule has 0 radical (unpaired) electrons. The van der Waals surface area contributed by atoms with Crippen LogP contribution in [0.1, 0.15) is 84.5 Å². The molecule has 12 rings (SSSR count). The summed E-state index contributed by atoms with van der Waals surface area (Å²) in [5, 5.41) is 5.28. The summed E-state index contributed by atoms with van der Waals surface area (Å²) in [6.07, 6.45) is 3.58. The lowest BCUT2D eigenvalue weighted by molar-refractivity contribution is -0.135. The Morgan fingerprint density at radius 2 is 1.21 bits per heavy atom. The molecule has 6 aliphatic rings. The van der Waals surface area contributed by atoms with Crippen molar-refractivity contribution in [1.29, 1.82) is 0 Å². The van der Waals surface area contributed by atoms with E-state index in [4.69, 9.17) is 19.4 Å². The number of nitrogens with zero attached hydrogens (tertiary/aromatic N) is 4. The smallest absolute Gasteiger partial charge is 0.407 e. The number of aryl methyl sites for hydroxylation is 2. The number of thioether (sulfide) groups is 2. The zero-order valence-electron chi connectivity index (χ0n) is 42.2. The van der Waals surface area contributed by atoms with E-state index in [1.807, 2.05) is 36.8 Å². The van der Waals surface area contributed by atoms with Crippen molar-refractivity contribution in [2.45, 2.75) is 82.0 Å². The third kappa shape index (κ3) is 11.7. The fourth-order valence-electron chi connectivity index (χ4n) is 10.5. The summed E-state index contributed by atoms with van der Waals surface area (Å²) in [5.41, 5.74) is 12.0. The van der Waals surface area contributed by atoms with Crippen LogP contribution >= 0.6 is 46.1 Å². The second-order valence-electron chi connectivity index (χ2n) is 19.3. The highest BCUT2D eigenvalue weighted by Gasteiger charge is 2.41. The van der Waals surface area contributed by atoms with E-state index in [0.717, 1.165) is 58.2 Å². The molecule has 20 heteroatoms. The first kappa shape index (κ1) is 53.8. The third-order valence-corrected chi connectivity index (χ3v) is 16.6. The van der Waals surface area contributed by atoms with Gasteiger partial charge in [0.05, 0.1) is 48.4 Å². The Kier molecular flexibility index (Phi) is 16.9. The Bertz CT molecular complexity index is 3230. The number of halogens is 4. The monoisotopic (exact) mass is 1170 g/mol. The maximum absolute atomic E-state index is 14.8. The van der Waals surface area contributed by atoms with Gasteiger partial charge >= 0.3 is 12.2 Å². The number of alkyl carbamates (subject to hydrolysis) is 2. The molecule has 5 atom stereocenters. The molecule has 4 amide bonds. The number of hydrogen-bond acceptors (Lipinski definition) is 10. The van der Waals surface area contributed by atoms with Crippen molar-refractivity contribution in [1.82, 2.24) is 40.4 Å². The molecular formula is C55H58F3IN8O6S2. The maximum Gasteiger partial charge on any atom is 0.407 e. The third-order valence-electron chi connectivity index (χ3n) is 14.6. The first-order valence-electron chi connectivity index (χ1n) is 24.7. The summed E-state index contributed by atoms with van der Waals surface area (Å²) in [4.78, 5) is 72.4. The number of fused-ring (bicyclic) bond motifs is 2. The summed E-state index contributed by atoms with van der Waals surface area (Å²) in [6, 6.07) is 22.3. The van der Waals surface area contributed by atoms with Crippen molar-refractivity contribution in [3.8, 4) is 22.3 Å². The molecule has 0 unspecified atom stereocenters. The number of nitrogens with one attached hydrogen (secondary N) is 4. The highest BCUT2D eigenvalue weighted by atomic mass is 127. The first-order valence-corrected chi connectivity index (χ1v) is 28.6. The summed E-state index contributed by atoms with van der Waals surface area (Å²) in [7, 11) is 2.46. The number of carbonyl (C=O) groups excluding carboxylic acids is 4. The van der Waals surface area contributed by atoms with E-state index in [-0.39, 0.29) is 47.2 Å². The predicted molar refractivity (Wildman–Crippen MR) is 297 cm³/mol. The van der Waals surface area contributed by atoms with Crippen LogP contribution in [0.15, 0.2) is 93.9 Å². The van der Waals surface area contributed by atoms with Gasteiger partial charge < -0.3 is 39.9 Å². The second kappa shape index (κ2) is 23.5. The summed E-state index contributed by atoms with van der Waals surface area (Å²) in [5.74, 6) is 1.41. The van der Waals surface area contributed by atoms with Crippen molar-refractivity contribution in [3.05, 3.63) is 128 Å². The normalized spacial score (nSPS) is 19.0. The van der Waals surface area contributed by atoms with Crippen LogP contribution in [-0.4, -0.2) is 117 Å². The van der Waals surface area contributed by atoms with Gasteiger partial charge in [-0.15, -0.1) is 0 Å². The van der Waals surface area contributed by atoms with Crippen molar-refractivity contribution in [2.75, 3.05) is 51.3 Å². The van der Waals surface area contributed by atoms with Gasteiger partial charge in [0.2, 0.25) is 11.8 Å². The van der Waals surface area contributed by atoms with Gasteiger partial charge in [0.15, 0.2) is 3.83 Å². The van der Waals surface area contributed by atoms with Gasteiger partial charge in [0, 0.05) is 31.5 Å². The average molecular weight is 1180 g/mol. The molecule has 4 aliphatic carbocycles. The van der Waals surface area contributed by atoms with Crippen LogP contribution < -0.4 is 10.6 Å². The lowest BCUT2D eigenvalue weighted by Crippen LogP contribution is -2.48. The van der Waals surface area contributed by atoms with E-state index in [1.54, 1.807) is 39.3 Å². The van der Waals surface area contributed by atoms with Gasteiger partial charge in [-0.2, -0.15) is 36.7 Å². The Balaban J connectivity index is 0.978. The van der Waals surface area contributed by atoms with Crippen LogP contribution in [0.25, 0.3) is 44.3 Å². The molecule has 2 aliphatic heterocycles. The van der Waals surface area contributed by atoms with Crippen molar-refractivity contribution < 1.29 is 41.8 Å². The van der Waals surface area contributed by atoms with Gasteiger partial charge in [0.25, 0.3) is 6.08 Å². The van der Waals surface area contributed by atoms with Crippen LogP contribution in [0.4, 0.5) is 22.8 Å². The molecule has 4 heterocycles. The van der Waals surface area contributed by atoms with E-state index in [0.29, 0.717) is 58.1 Å². The van der Waals surface area contributed by atoms with Crippen molar-refractivity contribution in [2.24, 2.45) is 0 Å². The minimum absolute atomic E-state index is 0.0772. The Labute approximate surface area is 455 Å². The topological polar surface area (TPSA) is 175 Å². The molecule has 2 aromatic heterocycles. The largest absolute Gasteiger partial charge is 0.453 e. The molecule has 4 aromatic carbocycles. The number of H-pyrrole nitrogens is 2. The zero-order chi connectivity index (χ0) is 53.1. The van der Waals surface area contributed by atoms with Gasteiger partial charge in [-0.25, -0.2) is 19.6 Å². The van der Waals surface area contributed by atoms with Crippen LogP contribution in [-0.2, 0) is 38.3 Å². The number of hydrogen-bond donors (Lipinski definition) is 4. The number of methoxy groups -OCH3 is 2. The number of aromatic amines is 2. The van der Waals surface area contributed by atoms with Gasteiger partial charge in [-0.1, -0.05) is 55.5 Å². The Morgan fingerprint density at radius 3 is 1.73 bits per heavy atom. The number of ether oxygens (including phenoxy) is 2. The number of aromatic nitrogens is 4. The van der Waals surface area contributed by atoms with Gasteiger partial charge in [0.1, 0.15) is 23.7 Å². The molecule has 2 saturated heterocycles. The highest BCUT2D eigenvalue weighted by Crippen LogP contribution is 2.42. The molecule has 394 valence electrons. The predicted octanol–water partition coefficient (Wildman–Crippen LogP) is 11.5. The standard InChI is InChI=1S/C55H58F3IN8O6S2/c1-29-20-33-9-7-30(21-38(33)34-12-14-40-44(23-34)62-50(60-40)46-25-36(48(56)57)27-66(46)52(68)42(16-18-74-4)64-54(70)72-2)6-8-31-10-11-32(29)22-39(31)35-13-15-41-45(24-35)63-51(61-41)47-26-37(49(58)59)28-67(47)53(69)43(17-19-75-5)65-55(71)73-3/h7,9-15,21-24,29,42-43,46-47H,6,8,16-20,25-28H2,1-5H3,(H,60,62)(H,61,63)(H,64,70)(H,65,71)/b49-37+/t29-,42+,43+,46+,47+/m1/s1. The van der Waals surface area contributed by atoms with Gasteiger partial charge in [-0.05, 0) is 159 Å². The molecule has 4 bridgehead atoms. The molecule has 0 spiro atoms. The summed E-state index contributed by atoms with van der Waals surface area (Å²) < 4.78 is 52.5.